The molecule has 3 heteroatoms. The van der Waals surface area contributed by atoms with Crippen molar-refractivity contribution in [1.29, 1.82) is 0 Å². The highest BCUT2D eigenvalue weighted by Crippen LogP contribution is 2.29. The molecule has 100 valence electrons. The van der Waals surface area contributed by atoms with Gasteiger partial charge in [0.15, 0.2) is 0 Å². The first-order valence-electron chi connectivity index (χ1n) is 6.27. The average Bonchev–Trinajstić information content (AvgIpc) is 2.36. The van der Waals surface area contributed by atoms with E-state index in [4.69, 9.17) is 22.1 Å². The van der Waals surface area contributed by atoms with Crippen LogP contribution in [0.25, 0.3) is 0 Å². The normalized spacial score (nSPS) is 12.3. The fourth-order valence-electron chi connectivity index (χ4n) is 1.94. The molecule has 0 heterocycles. The quantitative estimate of drug-likeness (QED) is 0.876. The number of rotatable bonds is 3. The van der Waals surface area contributed by atoms with Crippen molar-refractivity contribution in [2.75, 3.05) is 0 Å². The maximum absolute atomic E-state index is 6.14. The van der Waals surface area contributed by atoms with Gasteiger partial charge in [-0.15, -0.1) is 0 Å². The second kappa shape index (κ2) is 5.64. The molecule has 0 aliphatic rings. The lowest BCUT2D eigenvalue weighted by atomic mass is 10.1. The monoisotopic (exact) mass is 275 g/mol. The van der Waals surface area contributed by atoms with E-state index < -0.39 is 0 Å². The number of hydrogen-bond donors (Lipinski definition) is 1. The molecule has 0 unspecified atom stereocenters. The number of halogens is 1. The van der Waals surface area contributed by atoms with E-state index in [1.54, 1.807) is 0 Å². The maximum Gasteiger partial charge on any atom is 0.128 e. The van der Waals surface area contributed by atoms with E-state index in [9.17, 15) is 0 Å². The summed E-state index contributed by atoms with van der Waals surface area (Å²) in [6.07, 6.45) is 0. The Balaban J connectivity index is 2.21. The van der Waals surface area contributed by atoms with E-state index in [1.807, 2.05) is 57.2 Å². The molecular formula is C16H18ClNO. The van der Waals surface area contributed by atoms with Gasteiger partial charge >= 0.3 is 0 Å². The highest BCUT2D eigenvalue weighted by atomic mass is 35.5. The van der Waals surface area contributed by atoms with E-state index in [0.717, 1.165) is 33.2 Å². The van der Waals surface area contributed by atoms with Crippen LogP contribution < -0.4 is 10.5 Å². The van der Waals surface area contributed by atoms with Crippen molar-refractivity contribution in [2.45, 2.75) is 26.8 Å². The van der Waals surface area contributed by atoms with Crippen LogP contribution in [0.4, 0.5) is 0 Å². The minimum absolute atomic E-state index is 0.0362. The van der Waals surface area contributed by atoms with Crippen molar-refractivity contribution in [3.8, 4) is 11.5 Å². The maximum atomic E-state index is 6.14. The van der Waals surface area contributed by atoms with Crippen molar-refractivity contribution in [3.63, 3.8) is 0 Å². The Labute approximate surface area is 119 Å². The summed E-state index contributed by atoms with van der Waals surface area (Å²) in [5.74, 6) is 1.60. The summed E-state index contributed by atoms with van der Waals surface area (Å²) >= 11 is 6.14. The molecule has 0 amide bonds. The molecule has 0 radical (unpaired) electrons. The third-order valence-corrected chi connectivity index (χ3v) is 3.65. The Morgan fingerprint density at radius 1 is 1.00 bits per heavy atom. The molecule has 0 bridgehead atoms. The first-order chi connectivity index (χ1) is 8.97. The van der Waals surface area contributed by atoms with Gasteiger partial charge < -0.3 is 10.5 Å². The average molecular weight is 276 g/mol. The molecule has 0 saturated carbocycles. The molecule has 0 aliphatic heterocycles. The molecule has 19 heavy (non-hydrogen) atoms. The third kappa shape index (κ3) is 3.28. The van der Waals surface area contributed by atoms with Crippen LogP contribution in [0.5, 0.6) is 11.5 Å². The van der Waals surface area contributed by atoms with Crippen molar-refractivity contribution in [2.24, 2.45) is 5.73 Å². The Kier molecular flexibility index (Phi) is 4.13. The van der Waals surface area contributed by atoms with Crippen molar-refractivity contribution >= 4 is 11.6 Å². The minimum atomic E-state index is 0.0362. The zero-order chi connectivity index (χ0) is 14.0. The first kappa shape index (κ1) is 13.9. The largest absolute Gasteiger partial charge is 0.457 e. The number of nitrogens with two attached hydrogens (primary N) is 1. The summed E-state index contributed by atoms with van der Waals surface area (Å²) in [5, 5.41) is 0.791. The summed E-state index contributed by atoms with van der Waals surface area (Å²) in [7, 11) is 0. The minimum Gasteiger partial charge on any atom is -0.457 e. The predicted molar refractivity (Wildman–Crippen MR) is 80.0 cm³/mol. The lowest BCUT2D eigenvalue weighted by molar-refractivity contribution is 0.481. The van der Waals surface area contributed by atoms with Crippen molar-refractivity contribution < 1.29 is 4.74 Å². The summed E-state index contributed by atoms with van der Waals surface area (Å²) in [5.41, 5.74) is 8.95. The molecule has 0 spiro atoms. The van der Waals surface area contributed by atoms with Gasteiger partial charge in [0, 0.05) is 11.1 Å². The SMILES string of the molecule is Cc1cc(Oc2ccc([C@@H](C)N)cc2)cc(C)c1Cl. The van der Waals surface area contributed by atoms with Crippen LogP contribution in [0.2, 0.25) is 5.02 Å². The lowest BCUT2D eigenvalue weighted by Crippen LogP contribution is -2.04. The fraction of sp³-hybridized carbons (Fsp3) is 0.250. The molecule has 0 saturated heterocycles. The van der Waals surface area contributed by atoms with Crippen LogP contribution >= 0.6 is 11.6 Å². The molecule has 0 aromatic heterocycles. The van der Waals surface area contributed by atoms with E-state index in [1.165, 1.54) is 0 Å². The highest BCUT2D eigenvalue weighted by molar-refractivity contribution is 6.32. The summed E-state index contributed by atoms with van der Waals surface area (Å²) in [6, 6.07) is 11.7. The molecule has 2 aromatic carbocycles. The molecule has 2 rings (SSSR count). The van der Waals surface area contributed by atoms with Crippen LogP contribution in [0.1, 0.15) is 29.7 Å². The van der Waals surface area contributed by atoms with Crippen LogP contribution in [0.3, 0.4) is 0 Å². The Morgan fingerprint density at radius 2 is 1.53 bits per heavy atom. The van der Waals surface area contributed by atoms with E-state index in [0.29, 0.717) is 0 Å². The lowest BCUT2D eigenvalue weighted by Gasteiger charge is -2.11. The van der Waals surface area contributed by atoms with Gasteiger partial charge in [0.1, 0.15) is 11.5 Å². The van der Waals surface area contributed by atoms with Crippen LogP contribution in [-0.2, 0) is 0 Å². The molecule has 0 aliphatic carbocycles. The topological polar surface area (TPSA) is 35.2 Å². The number of aryl methyl sites for hydroxylation is 2. The van der Waals surface area contributed by atoms with Gasteiger partial charge in [0.2, 0.25) is 0 Å². The third-order valence-electron chi connectivity index (χ3n) is 3.05. The second-order valence-corrected chi connectivity index (χ2v) is 5.21. The predicted octanol–water partition coefficient (Wildman–Crippen LogP) is 4.77. The van der Waals surface area contributed by atoms with Gasteiger partial charge in [-0.25, -0.2) is 0 Å². The van der Waals surface area contributed by atoms with Gasteiger partial charge in [-0.05, 0) is 61.7 Å². The number of ether oxygens (including phenoxy) is 1. The van der Waals surface area contributed by atoms with Crippen molar-refractivity contribution in [1.82, 2.24) is 0 Å². The number of hydrogen-bond acceptors (Lipinski definition) is 2. The van der Waals surface area contributed by atoms with Gasteiger partial charge in [-0.1, -0.05) is 23.7 Å². The first-order valence-corrected chi connectivity index (χ1v) is 6.65. The van der Waals surface area contributed by atoms with E-state index in [2.05, 4.69) is 0 Å². The molecule has 2 N–H and O–H groups in total. The van der Waals surface area contributed by atoms with Gasteiger partial charge in [0.05, 0.1) is 0 Å². The molecule has 2 aromatic rings. The highest BCUT2D eigenvalue weighted by Gasteiger charge is 2.05. The Hall–Kier alpha value is -1.51. The molecule has 2 nitrogen and oxygen atoms in total. The summed E-state index contributed by atoms with van der Waals surface area (Å²) in [6.45, 7) is 5.91. The van der Waals surface area contributed by atoms with E-state index >= 15 is 0 Å². The standard InChI is InChI=1S/C16H18ClNO/c1-10-8-15(9-11(2)16(10)17)19-14-6-4-13(5-7-14)12(3)18/h4-9,12H,18H2,1-3H3/t12-/m1/s1. The zero-order valence-corrected chi connectivity index (χ0v) is 12.2. The summed E-state index contributed by atoms with van der Waals surface area (Å²) in [4.78, 5) is 0. The Morgan fingerprint density at radius 3 is 2.00 bits per heavy atom. The Bertz CT molecular complexity index is 553. The van der Waals surface area contributed by atoms with Gasteiger partial charge in [-0.2, -0.15) is 0 Å². The van der Waals surface area contributed by atoms with E-state index in [-0.39, 0.29) is 6.04 Å². The van der Waals surface area contributed by atoms with Gasteiger partial charge in [-0.3, -0.25) is 0 Å². The van der Waals surface area contributed by atoms with Crippen LogP contribution in [-0.4, -0.2) is 0 Å². The zero-order valence-electron chi connectivity index (χ0n) is 11.4. The fourth-order valence-corrected chi connectivity index (χ4v) is 2.05. The number of benzene rings is 2. The molecule has 1 atom stereocenters. The molecule has 0 fully saturated rings. The smallest absolute Gasteiger partial charge is 0.128 e. The van der Waals surface area contributed by atoms with Crippen LogP contribution in [0.15, 0.2) is 36.4 Å². The second-order valence-electron chi connectivity index (χ2n) is 4.83. The van der Waals surface area contributed by atoms with Crippen molar-refractivity contribution in [3.05, 3.63) is 58.1 Å². The van der Waals surface area contributed by atoms with Crippen LogP contribution in [0, 0.1) is 13.8 Å². The summed E-state index contributed by atoms with van der Waals surface area (Å²) < 4.78 is 5.83. The molecular weight excluding hydrogens is 258 g/mol. The van der Waals surface area contributed by atoms with Gasteiger partial charge in [0.25, 0.3) is 0 Å².